The molecule has 0 rings (SSSR count). The molecule has 36 heavy (non-hydrogen) atoms. The highest BCUT2D eigenvalue weighted by Gasteiger charge is 2.24. The van der Waals surface area contributed by atoms with Gasteiger partial charge in [0.2, 0.25) is 0 Å². The Labute approximate surface area is 213 Å². The van der Waals surface area contributed by atoms with E-state index in [1.807, 2.05) is 41.5 Å². The molecule has 0 aromatic heterocycles. The molecule has 0 aliphatic heterocycles. The van der Waals surface area contributed by atoms with E-state index in [1.165, 1.54) is 13.8 Å². The number of rotatable bonds is 14. The molecule has 0 heterocycles. The molecule has 0 aliphatic rings. The second-order valence-electron chi connectivity index (χ2n) is 10.4. The third kappa shape index (κ3) is 16.8. The summed E-state index contributed by atoms with van der Waals surface area (Å²) in [6.45, 7) is 18.6. The van der Waals surface area contributed by atoms with Gasteiger partial charge in [0.25, 0.3) is 12.6 Å². The van der Waals surface area contributed by atoms with Gasteiger partial charge < -0.3 is 28.7 Å². The number of esters is 2. The van der Waals surface area contributed by atoms with Gasteiger partial charge in [-0.3, -0.25) is 0 Å². The smallest absolute Gasteiger partial charge is 0.422 e. The zero-order valence-electron chi connectivity index (χ0n) is 23.1. The fourth-order valence-corrected chi connectivity index (χ4v) is 1.78. The molecule has 0 bridgehead atoms. The van der Waals surface area contributed by atoms with Crippen molar-refractivity contribution < 1.29 is 52.9 Å². The zero-order chi connectivity index (χ0) is 27.9. The molecule has 0 fully saturated rings. The maximum atomic E-state index is 12.2. The first-order chi connectivity index (χ1) is 16.6. The number of carbonyl (C=O) groups is 3. The van der Waals surface area contributed by atoms with Gasteiger partial charge in [-0.1, -0.05) is 55.4 Å². The highest BCUT2D eigenvalue weighted by atomic mass is 17.2. The van der Waals surface area contributed by atoms with Crippen LogP contribution in [0.2, 0.25) is 0 Å². The fraction of sp³-hybridized carbons (Fsp3) is 0.720. The third-order valence-corrected chi connectivity index (χ3v) is 3.81. The first kappa shape index (κ1) is 33.2. The summed E-state index contributed by atoms with van der Waals surface area (Å²) in [6, 6.07) is 0. The quantitative estimate of drug-likeness (QED) is 0.0551. The summed E-state index contributed by atoms with van der Waals surface area (Å²) < 4.78 is 20.3. The standard InChI is InChI=1S/C25H42O11/c1-11-19(33-21(26)17(3)13-29-31-15-24(5,6)7)35-23(28)36-20(12-2)34-22(27)18(4)14-30-32-16-25(8,9)10/h13-14,19-20H,11-12,15-16H2,1-10H3/b17-13+,18-14+. The van der Waals surface area contributed by atoms with Gasteiger partial charge in [-0.15, -0.1) is 0 Å². The maximum absolute atomic E-state index is 12.2. The van der Waals surface area contributed by atoms with Crippen LogP contribution in [0.1, 0.15) is 82.1 Å². The number of hydrogen-bond acceptors (Lipinski definition) is 11. The van der Waals surface area contributed by atoms with Crippen molar-refractivity contribution in [3.8, 4) is 0 Å². The lowest BCUT2D eigenvalue weighted by atomic mass is 9.99. The summed E-state index contributed by atoms with van der Waals surface area (Å²) in [5.41, 5.74) is -0.0404. The topological polar surface area (TPSA) is 125 Å². The van der Waals surface area contributed by atoms with E-state index in [9.17, 15) is 14.4 Å². The predicted molar refractivity (Wildman–Crippen MR) is 128 cm³/mol. The normalized spacial score (nSPS) is 14.4. The Morgan fingerprint density at radius 1 is 0.639 bits per heavy atom. The Bertz CT molecular complexity index is 695. The van der Waals surface area contributed by atoms with Crippen LogP contribution in [0.5, 0.6) is 0 Å². The van der Waals surface area contributed by atoms with Crippen LogP contribution in [-0.2, 0) is 48.1 Å². The second-order valence-corrected chi connectivity index (χ2v) is 10.4. The van der Waals surface area contributed by atoms with Gasteiger partial charge >= 0.3 is 18.1 Å². The first-order valence-electron chi connectivity index (χ1n) is 11.8. The number of carbonyl (C=O) groups excluding carboxylic acids is 3. The zero-order valence-corrected chi connectivity index (χ0v) is 23.1. The van der Waals surface area contributed by atoms with Crippen molar-refractivity contribution in [3.05, 3.63) is 23.7 Å². The second kappa shape index (κ2) is 16.1. The molecule has 208 valence electrons. The minimum absolute atomic E-state index is 0.0932. The summed E-state index contributed by atoms with van der Waals surface area (Å²) in [5, 5.41) is 0. The van der Waals surface area contributed by atoms with Crippen LogP contribution in [0.4, 0.5) is 4.79 Å². The molecule has 0 aromatic rings. The van der Waals surface area contributed by atoms with Crippen LogP contribution in [0.3, 0.4) is 0 Å². The lowest BCUT2D eigenvalue weighted by molar-refractivity contribution is -0.264. The summed E-state index contributed by atoms with van der Waals surface area (Å²) >= 11 is 0. The molecule has 0 radical (unpaired) electrons. The van der Waals surface area contributed by atoms with Crippen molar-refractivity contribution in [1.29, 1.82) is 0 Å². The van der Waals surface area contributed by atoms with E-state index >= 15 is 0 Å². The van der Waals surface area contributed by atoms with Crippen molar-refractivity contribution in [2.45, 2.75) is 94.7 Å². The molecule has 0 amide bonds. The van der Waals surface area contributed by atoms with Crippen LogP contribution < -0.4 is 0 Å². The Balaban J connectivity index is 4.68. The average molecular weight is 519 g/mol. The molecule has 0 spiro atoms. The first-order valence-corrected chi connectivity index (χ1v) is 11.8. The van der Waals surface area contributed by atoms with Gasteiger partial charge in [0, 0.05) is 12.8 Å². The van der Waals surface area contributed by atoms with Crippen molar-refractivity contribution in [2.75, 3.05) is 13.2 Å². The van der Waals surface area contributed by atoms with Gasteiger partial charge in [0.05, 0.1) is 24.4 Å². The van der Waals surface area contributed by atoms with Crippen LogP contribution >= 0.6 is 0 Å². The Morgan fingerprint density at radius 3 is 1.25 bits per heavy atom. The third-order valence-electron chi connectivity index (χ3n) is 3.81. The lowest BCUT2D eigenvalue weighted by Crippen LogP contribution is -2.29. The molecule has 0 saturated carbocycles. The SMILES string of the molecule is CCC(OC(=O)OC(CC)OC(=O)/C(C)=C/OOCC(C)(C)C)OC(=O)/C(C)=C/OOCC(C)(C)C. The van der Waals surface area contributed by atoms with E-state index in [0.717, 1.165) is 12.5 Å². The molecule has 11 nitrogen and oxygen atoms in total. The Morgan fingerprint density at radius 2 is 0.972 bits per heavy atom. The van der Waals surface area contributed by atoms with Crippen molar-refractivity contribution in [3.63, 3.8) is 0 Å². The minimum atomic E-state index is -1.23. The molecular formula is C25H42O11. The van der Waals surface area contributed by atoms with Crippen LogP contribution in [0.25, 0.3) is 0 Å². The molecule has 2 unspecified atom stereocenters. The maximum Gasteiger partial charge on any atom is 0.514 e. The van der Waals surface area contributed by atoms with Gasteiger partial charge in [-0.2, -0.15) is 9.78 Å². The van der Waals surface area contributed by atoms with E-state index in [-0.39, 0.29) is 34.8 Å². The Hall–Kier alpha value is -2.79. The van der Waals surface area contributed by atoms with Crippen molar-refractivity contribution in [2.24, 2.45) is 10.8 Å². The molecule has 0 N–H and O–H groups in total. The monoisotopic (exact) mass is 518 g/mol. The van der Waals surface area contributed by atoms with Gasteiger partial charge in [0.15, 0.2) is 0 Å². The summed E-state index contributed by atoms with van der Waals surface area (Å²) in [7, 11) is 0. The van der Waals surface area contributed by atoms with E-state index in [1.54, 1.807) is 13.8 Å². The highest BCUT2D eigenvalue weighted by molar-refractivity contribution is 5.88. The molecule has 0 aromatic carbocycles. The lowest BCUT2D eigenvalue weighted by Gasteiger charge is -2.20. The van der Waals surface area contributed by atoms with Crippen molar-refractivity contribution >= 4 is 18.1 Å². The van der Waals surface area contributed by atoms with E-state index in [0.29, 0.717) is 13.2 Å². The predicted octanol–water partition coefficient (Wildman–Crippen LogP) is 5.49. The van der Waals surface area contributed by atoms with Crippen molar-refractivity contribution in [1.82, 2.24) is 0 Å². The van der Waals surface area contributed by atoms with Gasteiger partial charge in [-0.25, -0.2) is 14.4 Å². The molecule has 2 atom stereocenters. The van der Waals surface area contributed by atoms with Gasteiger partial charge in [0.1, 0.15) is 12.5 Å². The van der Waals surface area contributed by atoms with Crippen LogP contribution in [-0.4, -0.2) is 43.9 Å². The van der Waals surface area contributed by atoms with E-state index in [4.69, 9.17) is 38.5 Å². The van der Waals surface area contributed by atoms with Crippen LogP contribution in [0, 0.1) is 10.8 Å². The largest absolute Gasteiger partial charge is 0.514 e. The molecular weight excluding hydrogens is 476 g/mol. The molecule has 0 saturated heterocycles. The Kier molecular flexibility index (Phi) is 14.8. The van der Waals surface area contributed by atoms with E-state index < -0.39 is 30.7 Å². The summed E-state index contributed by atoms with van der Waals surface area (Å²) in [4.78, 5) is 56.3. The number of ether oxygens (including phenoxy) is 4. The molecule has 0 aliphatic carbocycles. The fourth-order valence-electron chi connectivity index (χ4n) is 1.78. The summed E-state index contributed by atoms with van der Waals surface area (Å²) in [6.07, 6.45) is -1.13. The average Bonchev–Trinajstić information content (AvgIpc) is 2.76. The number of hydrogen-bond donors (Lipinski definition) is 0. The van der Waals surface area contributed by atoms with Gasteiger partial charge in [-0.05, 0) is 24.7 Å². The molecule has 11 heteroatoms. The van der Waals surface area contributed by atoms with Crippen LogP contribution in [0.15, 0.2) is 23.7 Å². The highest BCUT2D eigenvalue weighted by Crippen LogP contribution is 2.15. The van der Waals surface area contributed by atoms with E-state index in [2.05, 4.69) is 0 Å². The summed E-state index contributed by atoms with van der Waals surface area (Å²) in [5.74, 6) is -1.55. The minimum Gasteiger partial charge on any atom is -0.422 e.